The van der Waals surface area contributed by atoms with Gasteiger partial charge in [-0.1, -0.05) is 19.9 Å². The van der Waals surface area contributed by atoms with Gasteiger partial charge in [0.2, 0.25) is 0 Å². The zero-order chi connectivity index (χ0) is 15.6. The fraction of sp³-hybridized carbons (Fsp3) is 0.500. The van der Waals surface area contributed by atoms with Crippen molar-refractivity contribution in [2.45, 2.75) is 26.8 Å². The number of carbonyl (C=O) groups is 1. The minimum atomic E-state index is -3.48. The number of carboxylic acids is 1. The molecule has 1 heterocycles. The molecular formula is C14H20N2O4S. The molecule has 0 spiro atoms. The maximum absolute atomic E-state index is 12.5. The Bertz CT molecular complexity index is 638. The van der Waals surface area contributed by atoms with Crippen LogP contribution >= 0.6 is 0 Å². The van der Waals surface area contributed by atoms with Crippen LogP contribution in [-0.2, 0) is 23.2 Å². The molecule has 0 aromatic heterocycles. The lowest BCUT2D eigenvalue weighted by molar-refractivity contribution is 0.0696. The van der Waals surface area contributed by atoms with Crippen molar-refractivity contribution in [2.24, 2.45) is 0 Å². The van der Waals surface area contributed by atoms with E-state index >= 15 is 0 Å². The first-order valence-electron chi connectivity index (χ1n) is 7.00. The van der Waals surface area contributed by atoms with E-state index in [9.17, 15) is 13.2 Å². The van der Waals surface area contributed by atoms with E-state index in [1.807, 2.05) is 13.8 Å². The Kier molecular flexibility index (Phi) is 4.65. The Hall–Kier alpha value is -1.44. The molecule has 0 atom stereocenters. The van der Waals surface area contributed by atoms with Gasteiger partial charge in [0.25, 0.3) is 10.2 Å². The summed E-state index contributed by atoms with van der Waals surface area (Å²) in [7, 11) is -3.48. The van der Waals surface area contributed by atoms with Gasteiger partial charge in [0, 0.05) is 26.2 Å². The lowest BCUT2D eigenvalue weighted by Crippen LogP contribution is -2.45. The Morgan fingerprint density at radius 1 is 1.29 bits per heavy atom. The molecule has 1 aliphatic heterocycles. The SMILES string of the molecule is CCN(CC)S(=O)(=O)N1CCc2ccc(C(=O)O)cc2C1. The normalized spacial score (nSPS) is 16.0. The van der Waals surface area contributed by atoms with E-state index in [1.54, 1.807) is 18.2 Å². The molecular weight excluding hydrogens is 292 g/mol. The van der Waals surface area contributed by atoms with E-state index in [-0.39, 0.29) is 12.1 Å². The number of hydrogen-bond donors (Lipinski definition) is 1. The molecule has 1 aliphatic rings. The maximum atomic E-state index is 12.5. The standard InChI is InChI=1S/C14H20N2O4S/c1-3-15(4-2)21(19,20)16-8-7-11-5-6-12(14(17)18)9-13(11)10-16/h5-6,9H,3-4,7-8,10H2,1-2H3,(H,17,18). The smallest absolute Gasteiger partial charge is 0.335 e. The predicted octanol–water partition coefficient (Wildman–Crippen LogP) is 1.33. The largest absolute Gasteiger partial charge is 0.478 e. The highest BCUT2D eigenvalue weighted by Gasteiger charge is 2.30. The van der Waals surface area contributed by atoms with Crippen LogP contribution in [0.1, 0.15) is 35.3 Å². The second-order valence-electron chi connectivity index (χ2n) is 4.96. The lowest BCUT2D eigenvalue weighted by atomic mass is 9.99. The molecule has 2 rings (SSSR count). The number of fused-ring (bicyclic) bond motifs is 1. The summed E-state index contributed by atoms with van der Waals surface area (Å²) in [6.07, 6.45) is 0.607. The Balaban J connectivity index is 2.30. The van der Waals surface area contributed by atoms with Crippen LogP contribution < -0.4 is 0 Å². The third-order valence-electron chi connectivity index (χ3n) is 3.79. The molecule has 0 saturated heterocycles. The van der Waals surface area contributed by atoms with Crippen molar-refractivity contribution in [3.63, 3.8) is 0 Å². The predicted molar refractivity (Wildman–Crippen MR) is 79.4 cm³/mol. The van der Waals surface area contributed by atoms with Crippen molar-refractivity contribution < 1.29 is 18.3 Å². The summed E-state index contributed by atoms with van der Waals surface area (Å²) in [6, 6.07) is 4.91. The summed E-state index contributed by atoms with van der Waals surface area (Å²) in [5.74, 6) is -0.999. The average Bonchev–Trinajstić information content (AvgIpc) is 2.47. The number of carboxylic acid groups (broad SMARTS) is 1. The van der Waals surface area contributed by atoms with Gasteiger partial charge >= 0.3 is 5.97 Å². The molecule has 0 radical (unpaired) electrons. The maximum Gasteiger partial charge on any atom is 0.335 e. The van der Waals surface area contributed by atoms with Crippen LogP contribution in [0.2, 0.25) is 0 Å². The molecule has 0 aliphatic carbocycles. The summed E-state index contributed by atoms with van der Waals surface area (Å²) >= 11 is 0. The molecule has 116 valence electrons. The van der Waals surface area contributed by atoms with Gasteiger partial charge in [0.05, 0.1) is 5.56 Å². The van der Waals surface area contributed by atoms with Gasteiger partial charge in [-0.3, -0.25) is 0 Å². The number of hydrogen-bond acceptors (Lipinski definition) is 3. The number of benzene rings is 1. The fourth-order valence-corrected chi connectivity index (χ4v) is 4.18. The summed E-state index contributed by atoms with van der Waals surface area (Å²) in [5, 5.41) is 9.04. The highest BCUT2D eigenvalue weighted by molar-refractivity contribution is 7.86. The van der Waals surface area contributed by atoms with Gasteiger partial charge in [-0.05, 0) is 29.7 Å². The van der Waals surface area contributed by atoms with Gasteiger partial charge in [-0.2, -0.15) is 17.0 Å². The first-order chi connectivity index (χ1) is 9.90. The monoisotopic (exact) mass is 312 g/mol. The van der Waals surface area contributed by atoms with Gasteiger partial charge < -0.3 is 5.11 Å². The van der Waals surface area contributed by atoms with Crippen molar-refractivity contribution in [1.82, 2.24) is 8.61 Å². The number of rotatable bonds is 5. The zero-order valence-corrected chi connectivity index (χ0v) is 13.1. The molecule has 0 amide bonds. The first-order valence-corrected chi connectivity index (χ1v) is 8.40. The van der Waals surface area contributed by atoms with Crippen molar-refractivity contribution >= 4 is 16.2 Å². The Labute approximate surface area is 125 Å². The molecule has 1 N–H and O–H groups in total. The van der Waals surface area contributed by atoms with Crippen LogP contribution in [0.5, 0.6) is 0 Å². The summed E-state index contributed by atoms with van der Waals surface area (Å²) in [4.78, 5) is 11.0. The third kappa shape index (κ3) is 3.09. The lowest BCUT2D eigenvalue weighted by Gasteiger charge is -2.32. The summed E-state index contributed by atoms with van der Waals surface area (Å²) < 4.78 is 27.9. The molecule has 1 aromatic rings. The number of nitrogens with zero attached hydrogens (tertiary/aromatic N) is 2. The molecule has 0 fully saturated rings. The topological polar surface area (TPSA) is 77.9 Å². The quantitative estimate of drug-likeness (QED) is 0.889. The second-order valence-corrected chi connectivity index (χ2v) is 6.89. The fourth-order valence-electron chi connectivity index (χ4n) is 2.57. The molecule has 7 heteroatoms. The van der Waals surface area contributed by atoms with E-state index in [4.69, 9.17) is 5.11 Å². The highest BCUT2D eigenvalue weighted by atomic mass is 32.2. The minimum Gasteiger partial charge on any atom is -0.478 e. The molecule has 0 saturated carbocycles. The van der Waals surface area contributed by atoms with Crippen molar-refractivity contribution in [3.05, 3.63) is 34.9 Å². The molecule has 1 aromatic carbocycles. The minimum absolute atomic E-state index is 0.191. The highest BCUT2D eigenvalue weighted by Crippen LogP contribution is 2.23. The zero-order valence-electron chi connectivity index (χ0n) is 12.2. The second kappa shape index (κ2) is 6.13. The van der Waals surface area contributed by atoms with Crippen LogP contribution in [0.25, 0.3) is 0 Å². The van der Waals surface area contributed by atoms with Crippen LogP contribution in [0.15, 0.2) is 18.2 Å². The molecule has 0 bridgehead atoms. The van der Waals surface area contributed by atoms with E-state index in [0.717, 1.165) is 11.1 Å². The Morgan fingerprint density at radius 3 is 2.52 bits per heavy atom. The van der Waals surface area contributed by atoms with E-state index in [2.05, 4.69) is 0 Å². The van der Waals surface area contributed by atoms with Crippen molar-refractivity contribution in [3.8, 4) is 0 Å². The third-order valence-corrected chi connectivity index (χ3v) is 5.92. The first kappa shape index (κ1) is 15.9. The molecule has 6 nitrogen and oxygen atoms in total. The molecule has 0 unspecified atom stereocenters. The van der Waals surface area contributed by atoms with Gasteiger partial charge in [0.15, 0.2) is 0 Å². The van der Waals surface area contributed by atoms with Gasteiger partial charge in [0.1, 0.15) is 0 Å². The number of aromatic carboxylic acids is 1. The molecule has 21 heavy (non-hydrogen) atoms. The van der Waals surface area contributed by atoms with Crippen molar-refractivity contribution in [1.29, 1.82) is 0 Å². The summed E-state index contributed by atoms with van der Waals surface area (Å²) in [5.41, 5.74) is 1.98. The average molecular weight is 312 g/mol. The van der Waals surface area contributed by atoms with Crippen molar-refractivity contribution in [2.75, 3.05) is 19.6 Å². The van der Waals surface area contributed by atoms with E-state index < -0.39 is 16.2 Å². The van der Waals surface area contributed by atoms with Crippen LogP contribution in [-0.4, -0.2) is 47.7 Å². The Morgan fingerprint density at radius 2 is 1.95 bits per heavy atom. The van der Waals surface area contributed by atoms with Gasteiger partial charge in [-0.25, -0.2) is 4.79 Å². The van der Waals surface area contributed by atoms with E-state index in [1.165, 1.54) is 8.61 Å². The van der Waals surface area contributed by atoms with Crippen LogP contribution in [0, 0.1) is 0 Å². The van der Waals surface area contributed by atoms with Crippen LogP contribution in [0.3, 0.4) is 0 Å². The van der Waals surface area contributed by atoms with Gasteiger partial charge in [-0.15, -0.1) is 0 Å². The summed E-state index contributed by atoms with van der Waals surface area (Å²) in [6.45, 7) is 5.13. The van der Waals surface area contributed by atoms with E-state index in [0.29, 0.717) is 26.1 Å². The van der Waals surface area contributed by atoms with Crippen LogP contribution in [0.4, 0.5) is 0 Å².